The van der Waals surface area contributed by atoms with Crippen LogP contribution in [-0.2, 0) is 35.6 Å². The number of aliphatic hydroxyl groups is 1. The van der Waals surface area contributed by atoms with E-state index in [1.165, 1.54) is 7.11 Å². The Morgan fingerprint density at radius 1 is 0.667 bits per heavy atom. The van der Waals surface area contributed by atoms with Crippen LogP contribution in [0.5, 0.6) is 11.5 Å². The van der Waals surface area contributed by atoms with Crippen molar-refractivity contribution in [3.05, 3.63) is 131 Å². The van der Waals surface area contributed by atoms with Crippen LogP contribution in [0.3, 0.4) is 0 Å². The van der Waals surface area contributed by atoms with Crippen LogP contribution >= 0.6 is 0 Å². The number of methoxy groups -OCH3 is 1. The van der Waals surface area contributed by atoms with Gasteiger partial charge in [0, 0.05) is 6.56 Å². The van der Waals surface area contributed by atoms with Gasteiger partial charge in [0.2, 0.25) is 0 Å². The van der Waals surface area contributed by atoms with Gasteiger partial charge in [0.15, 0.2) is 0 Å². The van der Waals surface area contributed by atoms with E-state index in [1.807, 2.05) is 84.9 Å². The lowest BCUT2D eigenvalue weighted by Gasteiger charge is -2.07. The molecule has 186 valence electrons. The van der Waals surface area contributed by atoms with Crippen molar-refractivity contribution >= 4 is 5.97 Å². The molecule has 0 atom stereocenters. The highest BCUT2D eigenvalue weighted by Gasteiger charge is 2.03. The Bertz CT molecular complexity index is 1220. The highest BCUT2D eigenvalue weighted by molar-refractivity contribution is 5.72. The maximum absolute atomic E-state index is 11.1. The number of benzene rings is 4. The predicted octanol–water partition coefficient (Wildman–Crippen LogP) is 5.78. The topological polar surface area (TPSA) is 65.0 Å². The monoisotopic (exact) mass is 486 g/mol. The number of ether oxygens (including phenoxy) is 3. The van der Waals surface area contributed by atoms with E-state index in [0.717, 1.165) is 33.8 Å². The van der Waals surface area contributed by atoms with E-state index < -0.39 is 6.56 Å². The SMILES string of the molecule is COC(=O)Cc1ccc(OCc2ccccc2)cc1.[2H]C([2H])(O)Cc1ccc(OCc2ccccc2)cc1. The summed E-state index contributed by atoms with van der Waals surface area (Å²) >= 11 is 0. The van der Waals surface area contributed by atoms with Gasteiger partial charge in [-0.3, -0.25) is 4.79 Å². The van der Waals surface area contributed by atoms with E-state index in [-0.39, 0.29) is 18.8 Å². The molecule has 5 nitrogen and oxygen atoms in total. The fraction of sp³-hybridized carbons (Fsp3) is 0.194. The van der Waals surface area contributed by atoms with Crippen LogP contribution in [0.15, 0.2) is 109 Å². The molecule has 4 aromatic rings. The summed E-state index contributed by atoms with van der Waals surface area (Å²) in [5, 5.41) is 9.09. The lowest BCUT2D eigenvalue weighted by molar-refractivity contribution is -0.139. The third-order valence-corrected chi connectivity index (χ3v) is 5.20. The van der Waals surface area contributed by atoms with Gasteiger partial charge in [-0.2, -0.15) is 0 Å². The molecule has 0 fully saturated rings. The Morgan fingerprint density at radius 2 is 1.11 bits per heavy atom. The minimum atomic E-state index is -2.17. The standard InChI is InChI=1S/C16H16O3.C15H16O2/c1-18-16(17)11-13-7-9-15(10-8-13)19-12-14-5-3-2-4-6-14;16-11-10-13-6-8-15(9-7-13)17-12-14-4-2-1-3-5-14/h2-10H,11-12H2,1H3;1-9,16H,10-12H2/i;11D2. The molecule has 0 saturated heterocycles. The molecular weight excluding hydrogens is 452 g/mol. The van der Waals surface area contributed by atoms with Crippen LogP contribution in [0.2, 0.25) is 0 Å². The lowest BCUT2D eigenvalue weighted by atomic mass is 10.1. The molecule has 0 heterocycles. The average Bonchev–Trinajstić information content (AvgIpc) is 2.93. The van der Waals surface area contributed by atoms with Crippen molar-refractivity contribution in [2.24, 2.45) is 0 Å². The summed E-state index contributed by atoms with van der Waals surface area (Å²) in [5.41, 5.74) is 3.87. The third-order valence-electron chi connectivity index (χ3n) is 5.20. The van der Waals surface area contributed by atoms with Crippen LogP contribution < -0.4 is 9.47 Å². The Kier molecular flexibility index (Phi) is 9.86. The number of carbonyl (C=O) groups is 1. The van der Waals surface area contributed by atoms with E-state index >= 15 is 0 Å². The summed E-state index contributed by atoms with van der Waals surface area (Å²) < 4.78 is 30.1. The molecule has 4 rings (SSSR count). The Balaban J connectivity index is 0.000000211. The molecular formula is C31H32O5. The average molecular weight is 487 g/mol. The fourth-order valence-corrected chi connectivity index (χ4v) is 3.22. The maximum Gasteiger partial charge on any atom is 0.309 e. The van der Waals surface area contributed by atoms with Gasteiger partial charge in [-0.25, -0.2) is 0 Å². The first-order chi connectivity index (χ1) is 18.3. The summed E-state index contributed by atoms with van der Waals surface area (Å²) in [5.74, 6) is 1.28. The normalized spacial score (nSPS) is 11.3. The number of esters is 1. The van der Waals surface area contributed by atoms with E-state index in [1.54, 1.807) is 24.3 Å². The molecule has 0 spiro atoms. The molecule has 0 aliphatic heterocycles. The van der Waals surface area contributed by atoms with Crippen molar-refractivity contribution < 1.29 is 26.9 Å². The zero-order valence-corrected chi connectivity index (χ0v) is 20.3. The molecule has 0 saturated carbocycles. The lowest BCUT2D eigenvalue weighted by Crippen LogP contribution is -2.04. The second-order valence-electron chi connectivity index (χ2n) is 7.92. The van der Waals surface area contributed by atoms with Gasteiger partial charge < -0.3 is 19.3 Å². The van der Waals surface area contributed by atoms with Crippen molar-refractivity contribution in [1.29, 1.82) is 0 Å². The number of aryl methyl sites for hydroxylation is 1. The Morgan fingerprint density at radius 3 is 1.53 bits per heavy atom. The highest BCUT2D eigenvalue weighted by Crippen LogP contribution is 2.15. The van der Waals surface area contributed by atoms with Crippen molar-refractivity contribution in [2.45, 2.75) is 26.1 Å². The van der Waals surface area contributed by atoms with E-state index in [0.29, 0.717) is 13.2 Å². The van der Waals surface area contributed by atoms with Gasteiger partial charge in [0.1, 0.15) is 24.7 Å². The highest BCUT2D eigenvalue weighted by atomic mass is 16.5. The van der Waals surface area contributed by atoms with Crippen molar-refractivity contribution in [2.75, 3.05) is 13.7 Å². The van der Waals surface area contributed by atoms with E-state index in [9.17, 15) is 4.79 Å². The smallest absolute Gasteiger partial charge is 0.309 e. The first kappa shape index (κ1) is 23.6. The molecule has 0 radical (unpaired) electrons. The summed E-state index contributed by atoms with van der Waals surface area (Å²) in [6.45, 7) is -1.13. The third kappa shape index (κ3) is 9.65. The van der Waals surface area contributed by atoms with Gasteiger partial charge in [0.25, 0.3) is 0 Å². The van der Waals surface area contributed by atoms with Gasteiger partial charge in [-0.1, -0.05) is 84.9 Å². The Hall–Kier alpha value is -4.09. The molecule has 0 unspecified atom stereocenters. The van der Waals surface area contributed by atoms with E-state index in [4.69, 9.17) is 17.3 Å². The maximum atomic E-state index is 11.1. The second kappa shape index (κ2) is 15.0. The van der Waals surface area contributed by atoms with Crippen molar-refractivity contribution in [3.63, 3.8) is 0 Å². The van der Waals surface area contributed by atoms with Crippen LogP contribution in [0, 0.1) is 0 Å². The van der Waals surface area contributed by atoms with Gasteiger partial charge in [-0.15, -0.1) is 0 Å². The molecule has 0 aliphatic rings. The minimum absolute atomic E-state index is 0.0219. The van der Waals surface area contributed by atoms with Gasteiger partial charge >= 0.3 is 5.97 Å². The van der Waals surface area contributed by atoms with Gasteiger partial charge in [-0.05, 0) is 52.9 Å². The van der Waals surface area contributed by atoms with Crippen LogP contribution in [0.1, 0.15) is 25.0 Å². The molecule has 4 aromatic carbocycles. The van der Waals surface area contributed by atoms with Crippen LogP contribution in [0.25, 0.3) is 0 Å². The van der Waals surface area contributed by atoms with Crippen LogP contribution in [0.4, 0.5) is 0 Å². The minimum Gasteiger partial charge on any atom is -0.489 e. The summed E-state index contributed by atoms with van der Waals surface area (Å²) in [4.78, 5) is 11.1. The number of rotatable bonds is 10. The van der Waals surface area contributed by atoms with Gasteiger partial charge in [0.05, 0.1) is 16.3 Å². The molecule has 0 aliphatic carbocycles. The zero-order valence-electron chi connectivity index (χ0n) is 22.3. The number of hydrogen-bond donors (Lipinski definition) is 1. The van der Waals surface area contributed by atoms with Crippen molar-refractivity contribution in [1.82, 2.24) is 0 Å². The number of carbonyl (C=O) groups excluding carboxylic acids is 1. The summed E-state index contributed by atoms with van der Waals surface area (Å²) in [6, 6.07) is 34.4. The Labute approximate surface area is 215 Å². The molecule has 36 heavy (non-hydrogen) atoms. The largest absolute Gasteiger partial charge is 0.489 e. The molecule has 1 N–H and O–H groups in total. The van der Waals surface area contributed by atoms with E-state index in [2.05, 4.69) is 4.74 Å². The molecule has 0 aromatic heterocycles. The van der Waals surface area contributed by atoms with Crippen molar-refractivity contribution in [3.8, 4) is 11.5 Å². The first-order valence-corrected chi connectivity index (χ1v) is 11.6. The molecule has 5 heteroatoms. The second-order valence-corrected chi connectivity index (χ2v) is 7.92. The summed E-state index contributed by atoms with van der Waals surface area (Å²) in [6.07, 6.45) is 0.265. The quantitative estimate of drug-likeness (QED) is 0.288. The first-order valence-electron chi connectivity index (χ1n) is 12.6. The zero-order chi connectivity index (χ0) is 27.2. The van der Waals surface area contributed by atoms with Crippen LogP contribution in [-0.4, -0.2) is 24.7 Å². The summed E-state index contributed by atoms with van der Waals surface area (Å²) in [7, 11) is 1.39. The molecule has 0 bridgehead atoms. The predicted molar refractivity (Wildman–Crippen MR) is 141 cm³/mol. The molecule has 0 amide bonds. The number of hydrogen-bond acceptors (Lipinski definition) is 5. The fourth-order valence-electron chi connectivity index (χ4n) is 3.22.